The third kappa shape index (κ3) is 3.41. The van der Waals surface area contributed by atoms with Gasteiger partial charge < -0.3 is 10.2 Å². The van der Waals surface area contributed by atoms with Gasteiger partial charge in [-0.3, -0.25) is 0 Å². The lowest BCUT2D eigenvalue weighted by molar-refractivity contribution is 0.743. The Morgan fingerprint density at radius 3 is 2.86 bits per heavy atom. The van der Waals surface area contributed by atoms with Gasteiger partial charge in [-0.05, 0) is 60.7 Å². The summed E-state index contributed by atoms with van der Waals surface area (Å²) in [5, 5.41) is 3.52. The van der Waals surface area contributed by atoms with E-state index in [2.05, 4.69) is 76.5 Å². The Morgan fingerprint density at radius 2 is 2.05 bits per heavy atom. The molecule has 0 atom stereocenters. The highest BCUT2D eigenvalue weighted by Gasteiger charge is 2.13. The summed E-state index contributed by atoms with van der Waals surface area (Å²) >= 11 is 3.55. The first kappa shape index (κ1) is 14.5. The molecular formula is C18H21BrN2. The number of benzene rings is 2. The largest absolute Gasteiger partial charge is 0.381 e. The first-order valence-corrected chi connectivity index (χ1v) is 8.25. The van der Waals surface area contributed by atoms with E-state index in [1.54, 1.807) is 0 Å². The number of hydrogen-bond acceptors (Lipinski definition) is 2. The van der Waals surface area contributed by atoms with E-state index in [4.69, 9.17) is 0 Å². The summed E-state index contributed by atoms with van der Waals surface area (Å²) in [6.07, 6.45) is 2.45. The highest BCUT2D eigenvalue weighted by Crippen LogP contribution is 2.27. The first-order chi connectivity index (χ1) is 10.1. The zero-order chi connectivity index (χ0) is 14.8. The van der Waals surface area contributed by atoms with Gasteiger partial charge in [-0.15, -0.1) is 0 Å². The molecule has 2 aromatic rings. The number of halogens is 1. The number of aryl methyl sites for hydroxylation is 2. The second kappa shape index (κ2) is 6.10. The van der Waals surface area contributed by atoms with E-state index in [-0.39, 0.29) is 0 Å². The average molecular weight is 345 g/mol. The highest BCUT2D eigenvalue weighted by molar-refractivity contribution is 9.10. The number of nitrogens with one attached hydrogen (secondary N) is 1. The van der Waals surface area contributed by atoms with Gasteiger partial charge >= 0.3 is 0 Å². The Labute approximate surface area is 135 Å². The number of anilines is 2. The van der Waals surface area contributed by atoms with Crippen LogP contribution >= 0.6 is 15.9 Å². The molecule has 0 fully saturated rings. The lowest BCUT2D eigenvalue weighted by Crippen LogP contribution is -2.24. The normalized spacial score (nSPS) is 14.0. The second-order valence-electron chi connectivity index (χ2n) is 5.86. The van der Waals surface area contributed by atoms with Crippen LogP contribution in [0.15, 0.2) is 40.9 Å². The highest BCUT2D eigenvalue weighted by atomic mass is 79.9. The molecule has 3 heteroatoms. The zero-order valence-corrected chi connectivity index (χ0v) is 14.2. The maximum Gasteiger partial charge on any atom is 0.0400 e. The van der Waals surface area contributed by atoms with Gasteiger partial charge in [0.1, 0.15) is 0 Å². The molecule has 2 aromatic carbocycles. The molecule has 3 rings (SSSR count). The van der Waals surface area contributed by atoms with Crippen molar-refractivity contribution in [3.63, 3.8) is 0 Å². The second-order valence-corrected chi connectivity index (χ2v) is 6.77. The van der Waals surface area contributed by atoms with Gasteiger partial charge in [0.05, 0.1) is 0 Å². The lowest BCUT2D eigenvalue weighted by Gasteiger charge is -2.27. The van der Waals surface area contributed by atoms with Crippen molar-refractivity contribution in [2.24, 2.45) is 0 Å². The number of rotatable bonds is 3. The molecule has 21 heavy (non-hydrogen) atoms. The van der Waals surface area contributed by atoms with Crippen molar-refractivity contribution in [3.8, 4) is 0 Å². The van der Waals surface area contributed by atoms with E-state index in [0.29, 0.717) is 0 Å². The summed E-state index contributed by atoms with van der Waals surface area (Å²) in [6.45, 7) is 4.15. The molecule has 0 saturated carbocycles. The molecule has 0 amide bonds. The van der Waals surface area contributed by atoms with Crippen molar-refractivity contribution >= 4 is 27.3 Å². The topological polar surface area (TPSA) is 15.3 Å². The lowest BCUT2D eigenvalue weighted by atomic mass is 9.99. The molecule has 0 aliphatic carbocycles. The number of nitrogens with zero attached hydrogens (tertiary/aromatic N) is 1. The van der Waals surface area contributed by atoms with E-state index in [1.807, 2.05) is 0 Å². The van der Waals surface area contributed by atoms with Crippen LogP contribution in [-0.4, -0.2) is 13.6 Å². The van der Waals surface area contributed by atoms with Crippen LogP contribution in [0.4, 0.5) is 11.4 Å². The molecule has 1 aliphatic rings. The molecule has 0 spiro atoms. The van der Waals surface area contributed by atoms with Crippen LogP contribution in [0.3, 0.4) is 0 Å². The van der Waals surface area contributed by atoms with Crippen LogP contribution < -0.4 is 10.2 Å². The molecule has 1 heterocycles. The fourth-order valence-corrected chi connectivity index (χ4v) is 3.60. The van der Waals surface area contributed by atoms with Gasteiger partial charge in [0.15, 0.2) is 0 Å². The number of fused-ring (bicyclic) bond motifs is 1. The van der Waals surface area contributed by atoms with Crippen LogP contribution in [0.5, 0.6) is 0 Å². The third-order valence-electron chi connectivity index (χ3n) is 4.03. The van der Waals surface area contributed by atoms with Crippen molar-refractivity contribution in [1.82, 2.24) is 0 Å². The van der Waals surface area contributed by atoms with Gasteiger partial charge in [0.2, 0.25) is 0 Å². The van der Waals surface area contributed by atoms with E-state index < -0.39 is 0 Å². The van der Waals surface area contributed by atoms with Gasteiger partial charge in [-0.2, -0.15) is 0 Å². The summed E-state index contributed by atoms with van der Waals surface area (Å²) in [5.74, 6) is 0. The maximum atomic E-state index is 3.55. The van der Waals surface area contributed by atoms with E-state index >= 15 is 0 Å². The summed E-state index contributed by atoms with van der Waals surface area (Å²) in [5.41, 5.74) is 6.65. The molecule has 0 bridgehead atoms. The molecule has 2 nitrogen and oxygen atoms in total. The van der Waals surface area contributed by atoms with Gasteiger partial charge in [0, 0.05) is 36.0 Å². The molecule has 1 aliphatic heterocycles. The first-order valence-electron chi connectivity index (χ1n) is 7.46. The fourth-order valence-electron chi connectivity index (χ4n) is 2.99. The van der Waals surface area contributed by atoms with E-state index in [9.17, 15) is 0 Å². The minimum absolute atomic E-state index is 0.868. The van der Waals surface area contributed by atoms with Gasteiger partial charge in [-0.25, -0.2) is 0 Å². The third-order valence-corrected chi connectivity index (χ3v) is 4.49. The predicted octanol–water partition coefficient (Wildman–Crippen LogP) is 4.75. The van der Waals surface area contributed by atoms with Crippen LogP contribution in [0.25, 0.3) is 0 Å². The monoisotopic (exact) mass is 344 g/mol. The van der Waals surface area contributed by atoms with Crippen molar-refractivity contribution < 1.29 is 0 Å². The zero-order valence-electron chi connectivity index (χ0n) is 12.6. The molecule has 1 N–H and O–H groups in total. The Morgan fingerprint density at radius 1 is 1.19 bits per heavy atom. The fraction of sp³-hybridized carbons (Fsp3) is 0.333. The predicted molar refractivity (Wildman–Crippen MR) is 94.2 cm³/mol. The smallest absolute Gasteiger partial charge is 0.0400 e. The quantitative estimate of drug-likeness (QED) is 0.863. The molecule has 0 radical (unpaired) electrons. The summed E-state index contributed by atoms with van der Waals surface area (Å²) < 4.78 is 1.12. The SMILES string of the molecule is Cc1cc(Br)cc(NCc2ccc3c(c2)CCCN3C)c1. The standard InChI is InChI=1S/C18H21BrN2/c1-13-8-16(19)11-17(9-13)20-12-14-5-6-18-15(10-14)4-3-7-21(18)2/h5-6,8-11,20H,3-4,7,12H2,1-2H3. The minimum Gasteiger partial charge on any atom is -0.381 e. The van der Waals surface area contributed by atoms with Crippen LogP contribution in [-0.2, 0) is 13.0 Å². The van der Waals surface area contributed by atoms with Crippen LogP contribution in [0, 0.1) is 6.92 Å². The van der Waals surface area contributed by atoms with E-state index in [1.165, 1.54) is 41.8 Å². The van der Waals surface area contributed by atoms with Crippen LogP contribution in [0.2, 0.25) is 0 Å². The molecular weight excluding hydrogens is 324 g/mol. The van der Waals surface area contributed by atoms with E-state index in [0.717, 1.165) is 16.7 Å². The Balaban J connectivity index is 1.73. The maximum absolute atomic E-state index is 3.55. The average Bonchev–Trinajstić information content (AvgIpc) is 2.44. The van der Waals surface area contributed by atoms with Crippen molar-refractivity contribution in [1.29, 1.82) is 0 Å². The minimum atomic E-state index is 0.868. The summed E-state index contributed by atoms with van der Waals surface area (Å²) in [6, 6.07) is 13.3. The summed E-state index contributed by atoms with van der Waals surface area (Å²) in [4.78, 5) is 2.35. The molecule has 0 aromatic heterocycles. The Kier molecular flexibility index (Phi) is 4.20. The molecule has 110 valence electrons. The molecule has 0 saturated heterocycles. The molecule has 0 unspecified atom stereocenters. The van der Waals surface area contributed by atoms with Gasteiger partial charge in [-0.1, -0.05) is 28.1 Å². The Bertz CT molecular complexity index is 631. The van der Waals surface area contributed by atoms with Crippen molar-refractivity contribution in [2.75, 3.05) is 23.8 Å². The van der Waals surface area contributed by atoms with Crippen molar-refractivity contribution in [3.05, 3.63) is 57.6 Å². The van der Waals surface area contributed by atoms with Gasteiger partial charge in [0.25, 0.3) is 0 Å². The summed E-state index contributed by atoms with van der Waals surface area (Å²) in [7, 11) is 2.18. The van der Waals surface area contributed by atoms with Crippen LogP contribution in [0.1, 0.15) is 23.1 Å². The number of hydrogen-bond donors (Lipinski definition) is 1. The van der Waals surface area contributed by atoms with Crippen molar-refractivity contribution in [2.45, 2.75) is 26.3 Å². The Hall–Kier alpha value is -1.48.